The van der Waals surface area contributed by atoms with Gasteiger partial charge in [-0.05, 0) is 19.5 Å². The quantitative estimate of drug-likeness (QED) is 0.928. The van der Waals surface area contributed by atoms with E-state index < -0.39 is 5.97 Å². The lowest BCUT2D eigenvalue weighted by molar-refractivity contribution is 0.0661. The van der Waals surface area contributed by atoms with Crippen LogP contribution in [0.3, 0.4) is 0 Å². The number of ether oxygens (including phenoxy) is 1. The van der Waals surface area contributed by atoms with Crippen LogP contribution in [0.25, 0.3) is 11.0 Å². The van der Waals surface area contributed by atoms with E-state index in [2.05, 4.69) is 4.90 Å². The Morgan fingerprint density at radius 3 is 2.95 bits per heavy atom. The van der Waals surface area contributed by atoms with Gasteiger partial charge >= 0.3 is 5.97 Å². The van der Waals surface area contributed by atoms with E-state index in [0.29, 0.717) is 24.8 Å². The minimum absolute atomic E-state index is 0.0389. The predicted molar refractivity (Wildman–Crippen MR) is 73.9 cm³/mol. The number of aromatic carboxylic acids is 1. The molecule has 0 amide bonds. The molecule has 0 aliphatic carbocycles. The van der Waals surface area contributed by atoms with Crippen molar-refractivity contribution in [2.24, 2.45) is 0 Å². The zero-order valence-electron chi connectivity index (χ0n) is 11.3. The minimum Gasteiger partial charge on any atom is -0.475 e. The first-order valence-corrected chi connectivity index (χ1v) is 6.68. The first-order valence-electron chi connectivity index (χ1n) is 6.68. The van der Waals surface area contributed by atoms with Crippen LogP contribution in [0, 0.1) is 0 Å². The van der Waals surface area contributed by atoms with E-state index in [4.69, 9.17) is 9.15 Å². The lowest BCUT2D eigenvalue weighted by Crippen LogP contribution is -2.31. The largest absolute Gasteiger partial charge is 0.475 e. The number of para-hydroxylation sites is 1. The van der Waals surface area contributed by atoms with Crippen LogP contribution in [0.2, 0.25) is 0 Å². The SMILES string of the molecule is CN(Cc1c(C(=O)O)oc2ccccc12)C1CCOC1. The topological polar surface area (TPSA) is 62.9 Å². The molecule has 2 aromatic rings. The fourth-order valence-corrected chi connectivity index (χ4v) is 2.68. The average Bonchev–Trinajstić information content (AvgIpc) is 3.06. The molecule has 0 saturated carbocycles. The van der Waals surface area contributed by atoms with Crippen LogP contribution in [0.15, 0.2) is 28.7 Å². The van der Waals surface area contributed by atoms with Gasteiger partial charge in [0.15, 0.2) is 0 Å². The van der Waals surface area contributed by atoms with Gasteiger partial charge in [-0.3, -0.25) is 4.90 Å². The number of nitrogens with zero attached hydrogens (tertiary/aromatic N) is 1. The summed E-state index contributed by atoms with van der Waals surface area (Å²) in [5.41, 5.74) is 1.36. The Hall–Kier alpha value is -1.85. The number of carboxylic acid groups (broad SMARTS) is 1. The van der Waals surface area contributed by atoms with Crippen molar-refractivity contribution in [2.75, 3.05) is 20.3 Å². The van der Waals surface area contributed by atoms with Crippen molar-refractivity contribution in [3.05, 3.63) is 35.6 Å². The Bertz CT molecular complexity index is 628. The van der Waals surface area contributed by atoms with E-state index in [1.165, 1.54) is 0 Å². The highest BCUT2D eigenvalue weighted by molar-refractivity contribution is 5.95. The number of carboxylic acids is 1. The third kappa shape index (κ3) is 2.30. The Morgan fingerprint density at radius 2 is 2.25 bits per heavy atom. The van der Waals surface area contributed by atoms with Crippen molar-refractivity contribution < 1.29 is 19.1 Å². The van der Waals surface area contributed by atoms with Gasteiger partial charge in [-0.1, -0.05) is 18.2 Å². The normalized spacial score (nSPS) is 19.0. The van der Waals surface area contributed by atoms with E-state index in [9.17, 15) is 9.90 Å². The van der Waals surface area contributed by atoms with Crippen LogP contribution in [-0.2, 0) is 11.3 Å². The highest BCUT2D eigenvalue weighted by atomic mass is 16.5. The molecule has 1 aliphatic rings. The third-order valence-corrected chi connectivity index (χ3v) is 3.83. The molecule has 0 radical (unpaired) electrons. The Balaban J connectivity index is 1.96. The summed E-state index contributed by atoms with van der Waals surface area (Å²) in [6.07, 6.45) is 0.981. The zero-order chi connectivity index (χ0) is 14.1. The molecule has 0 spiro atoms. The van der Waals surface area contributed by atoms with E-state index >= 15 is 0 Å². The van der Waals surface area contributed by atoms with Gasteiger partial charge < -0.3 is 14.3 Å². The van der Waals surface area contributed by atoms with Gasteiger partial charge in [-0.15, -0.1) is 0 Å². The van der Waals surface area contributed by atoms with Crippen LogP contribution in [0.5, 0.6) is 0 Å². The second kappa shape index (κ2) is 5.26. The van der Waals surface area contributed by atoms with E-state index in [1.54, 1.807) is 6.07 Å². The molecule has 1 atom stereocenters. The van der Waals surface area contributed by atoms with Gasteiger partial charge in [-0.2, -0.15) is 0 Å². The van der Waals surface area contributed by atoms with Crippen molar-refractivity contribution in [3.63, 3.8) is 0 Å². The molecule has 1 aliphatic heterocycles. The van der Waals surface area contributed by atoms with Gasteiger partial charge in [-0.25, -0.2) is 4.79 Å². The summed E-state index contributed by atoms with van der Waals surface area (Å²) < 4.78 is 10.8. The number of rotatable bonds is 4. The molecule has 5 nitrogen and oxygen atoms in total. The van der Waals surface area contributed by atoms with Crippen molar-refractivity contribution in [1.29, 1.82) is 0 Å². The van der Waals surface area contributed by atoms with Crippen LogP contribution in [0.1, 0.15) is 22.5 Å². The molecular formula is C15H17NO4. The van der Waals surface area contributed by atoms with Gasteiger partial charge in [0.2, 0.25) is 5.76 Å². The first-order chi connectivity index (χ1) is 9.66. The average molecular weight is 275 g/mol. The monoisotopic (exact) mass is 275 g/mol. The molecule has 106 valence electrons. The van der Waals surface area contributed by atoms with Gasteiger partial charge in [0.1, 0.15) is 5.58 Å². The van der Waals surface area contributed by atoms with Crippen molar-refractivity contribution in [3.8, 4) is 0 Å². The summed E-state index contributed by atoms with van der Waals surface area (Å²) in [5.74, 6) is -0.982. The van der Waals surface area contributed by atoms with Crippen molar-refractivity contribution in [1.82, 2.24) is 4.90 Å². The smallest absolute Gasteiger partial charge is 0.372 e. The highest BCUT2D eigenvalue weighted by Crippen LogP contribution is 2.28. The van der Waals surface area contributed by atoms with Crippen LogP contribution < -0.4 is 0 Å². The second-order valence-corrected chi connectivity index (χ2v) is 5.14. The van der Waals surface area contributed by atoms with Crippen LogP contribution in [0.4, 0.5) is 0 Å². The van der Waals surface area contributed by atoms with E-state index in [-0.39, 0.29) is 5.76 Å². The summed E-state index contributed by atoms with van der Waals surface area (Å²) in [7, 11) is 1.99. The number of fused-ring (bicyclic) bond motifs is 1. The van der Waals surface area contributed by atoms with Gasteiger partial charge in [0.05, 0.1) is 6.61 Å². The Kier molecular flexibility index (Phi) is 3.46. The molecule has 1 fully saturated rings. The van der Waals surface area contributed by atoms with E-state index in [1.807, 2.05) is 25.2 Å². The lowest BCUT2D eigenvalue weighted by Gasteiger charge is -2.22. The maximum atomic E-state index is 11.4. The maximum Gasteiger partial charge on any atom is 0.372 e. The lowest BCUT2D eigenvalue weighted by atomic mass is 10.1. The predicted octanol–water partition coefficient (Wildman–Crippen LogP) is 2.35. The fourth-order valence-electron chi connectivity index (χ4n) is 2.68. The van der Waals surface area contributed by atoms with Crippen LogP contribution in [-0.4, -0.2) is 42.3 Å². The Labute approximate surface area is 116 Å². The molecule has 20 heavy (non-hydrogen) atoms. The molecule has 1 aromatic carbocycles. The summed E-state index contributed by atoms with van der Waals surface area (Å²) in [5, 5.41) is 10.2. The Morgan fingerprint density at radius 1 is 1.45 bits per heavy atom. The summed E-state index contributed by atoms with van der Waals surface area (Å²) >= 11 is 0. The molecular weight excluding hydrogens is 258 g/mol. The first kappa shape index (κ1) is 13.1. The molecule has 5 heteroatoms. The maximum absolute atomic E-state index is 11.4. The number of hydrogen-bond acceptors (Lipinski definition) is 4. The molecule has 0 bridgehead atoms. The number of hydrogen-bond donors (Lipinski definition) is 1. The molecule has 1 saturated heterocycles. The summed E-state index contributed by atoms with van der Waals surface area (Å²) in [6.45, 7) is 2.02. The van der Waals surface area contributed by atoms with Crippen molar-refractivity contribution in [2.45, 2.75) is 19.0 Å². The number of carbonyl (C=O) groups is 1. The molecule has 1 N–H and O–H groups in total. The standard InChI is InChI=1S/C15H17NO4/c1-16(10-6-7-19-9-10)8-12-11-4-2-3-5-13(11)20-14(12)15(17)18/h2-5,10H,6-9H2,1H3,(H,17,18). The molecule has 1 unspecified atom stereocenters. The molecule has 3 rings (SSSR count). The van der Waals surface area contributed by atoms with Crippen LogP contribution >= 0.6 is 0 Å². The fraction of sp³-hybridized carbons (Fsp3) is 0.400. The third-order valence-electron chi connectivity index (χ3n) is 3.83. The second-order valence-electron chi connectivity index (χ2n) is 5.14. The van der Waals surface area contributed by atoms with E-state index in [0.717, 1.165) is 24.0 Å². The van der Waals surface area contributed by atoms with Gasteiger partial charge in [0, 0.05) is 30.1 Å². The summed E-state index contributed by atoms with van der Waals surface area (Å²) in [4.78, 5) is 13.5. The minimum atomic E-state index is -1.02. The number of benzene rings is 1. The summed E-state index contributed by atoms with van der Waals surface area (Å²) in [6, 6.07) is 7.77. The zero-order valence-corrected chi connectivity index (χ0v) is 11.3. The van der Waals surface area contributed by atoms with Gasteiger partial charge in [0.25, 0.3) is 0 Å². The number of furan rings is 1. The number of likely N-dealkylation sites (N-methyl/N-ethyl adjacent to an activating group) is 1. The molecule has 1 aromatic heterocycles. The van der Waals surface area contributed by atoms with Crippen molar-refractivity contribution >= 4 is 16.9 Å². The molecule has 2 heterocycles. The highest BCUT2D eigenvalue weighted by Gasteiger charge is 2.25.